The van der Waals surface area contributed by atoms with Gasteiger partial charge in [0, 0.05) is 0 Å². The molecule has 7 heteroatoms. The Balaban J connectivity index is 2.04. The van der Waals surface area contributed by atoms with Crippen molar-refractivity contribution < 1.29 is 32.6 Å². The molecular weight excluding hydrogens is 289 g/mol. The third-order valence-electron chi connectivity index (χ3n) is 3.24. The van der Waals surface area contributed by atoms with E-state index in [1.807, 2.05) is 0 Å². The number of aryl methyl sites for hydroxylation is 1. The quantitative estimate of drug-likeness (QED) is 0.928. The molecule has 4 nitrogen and oxygen atoms in total. The van der Waals surface area contributed by atoms with Crippen molar-refractivity contribution in [3.05, 3.63) is 29.3 Å². The van der Waals surface area contributed by atoms with Crippen LogP contribution in [0.5, 0.6) is 5.75 Å². The molecule has 1 aliphatic heterocycles. The number of carboxylic acids is 1. The SMILES string of the molecule is O=C(O)Cc1ccc2c(c1)CC[C@H](CC(=O)C(F)(F)F)O2. The van der Waals surface area contributed by atoms with Crippen LogP contribution >= 0.6 is 0 Å². The van der Waals surface area contributed by atoms with Crippen LogP contribution in [0.1, 0.15) is 24.0 Å². The molecule has 2 rings (SSSR count). The van der Waals surface area contributed by atoms with Crippen molar-refractivity contribution >= 4 is 11.8 Å². The summed E-state index contributed by atoms with van der Waals surface area (Å²) in [5.74, 6) is -2.34. The highest BCUT2D eigenvalue weighted by Crippen LogP contribution is 2.31. The van der Waals surface area contributed by atoms with Gasteiger partial charge in [0.25, 0.3) is 0 Å². The number of rotatable bonds is 4. The van der Waals surface area contributed by atoms with E-state index in [0.29, 0.717) is 24.2 Å². The molecule has 1 atom stereocenters. The Hall–Kier alpha value is -2.05. The molecule has 0 unspecified atom stereocenters. The number of aliphatic carboxylic acids is 1. The molecule has 0 saturated carbocycles. The van der Waals surface area contributed by atoms with Gasteiger partial charge >= 0.3 is 12.1 Å². The average molecular weight is 302 g/mol. The highest BCUT2D eigenvalue weighted by atomic mass is 19.4. The zero-order valence-electron chi connectivity index (χ0n) is 10.9. The van der Waals surface area contributed by atoms with Crippen molar-refractivity contribution in [1.82, 2.24) is 0 Å². The number of fused-ring (bicyclic) bond motifs is 1. The van der Waals surface area contributed by atoms with E-state index in [2.05, 4.69) is 0 Å². The molecule has 0 aliphatic carbocycles. The third-order valence-corrected chi connectivity index (χ3v) is 3.24. The summed E-state index contributed by atoms with van der Waals surface area (Å²) >= 11 is 0. The van der Waals surface area contributed by atoms with E-state index in [9.17, 15) is 22.8 Å². The molecule has 1 aromatic rings. The number of carboxylic acid groups (broad SMARTS) is 1. The minimum Gasteiger partial charge on any atom is -0.490 e. The highest BCUT2D eigenvalue weighted by molar-refractivity contribution is 5.84. The first-order valence-corrected chi connectivity index (χ1v) is 6.36. The van der Waals surface area contributed by atoms with Gasteiger partial charge in [0.2, 0.25) is 5.78 Å². The first kappa shape index (κ1) is 15.3. The molecule has 0 bridgehead atoms. The first-order chi connectivity index (χ1) is 9.75. The molecule has 1 aliphatic rings. The zero-order valence-corrected chi connectivity index (χ0v) is 10.9. The number of Topliss-reactive ketones (excluding diaryl/α,β-unsaturated/α-hetero) is 1. The van der Waals surface area contributed by atoms with Gasteiger partial charge in [0.1, 0.15) is 11.9 Å². The van der Waals surface area contributed by atoms with E-state index >= 15 is 0 Å². The van der Waals surface area contributed by atoms with Crippen LogP contribution in [0, 0.1) is 0 Å². The van der Waals surface area contributed by atoms with Crippen molar-refractivity contribution in [3.8, 4) is 5.75 Å². The fourth-order valence-corrected chi connectivity index (χ4v) is 2.25. The van der Waals surface area contributed by atoms with E-state index in [1.54, 1.807) is 12.1 Å². The Bertz CT molecular complexity index is 566. The molecule has 21 heavy (non-hydrogen) atoms. The Labute approximate surface area is 118 Å². The van der Waals surface area contributed by atoms with Gasteiger partial charge in [-0.3, -0.25) is 9.59 Å². The Kier molecular flexibility index (Phi) is 4.20. The van der Waals surface area contributed by atoms with Crippen molar-refractivity contribution in [3.63, 3.8) is 0 Å². The van der Waals surface area contributed by atoms with Crippen LogP contribution in [0.3, 0.4) is 0 Å². The fourth-order valence-electron chi connectivity index (χ4n) is 2.25. The smallest absolute Gasteiger partial charge is 0.450 e. The normalized spacial score (nSPS) is 17.8. The maximum atomic E-state index is 12.2. The minimum atomic E-state index is -4.84. The van der Waals surface area contributed by atoms with Crippen molar-refractivity contribution in [2.75, 3.05) is 0 Å². The highest BCUT2D eigenvalue weighted by Gasteiger charge is 2.40. The van der Waals surface area contributed by atoms with Crippen LogP contribution in [0.25, 0.3) is 0 Å². The maximum Gasteiger partial charge on any atom is 0.450 e. The molecule has 0 radical (unpaired) electrons. The lowest BCUT2D eigenvalue weighted by atomic mass is 9.97. The summed E-state index contributed by atoms with van der Waals surface area (Å²) in [6.45, 7) is 0. The Morgan fingerprint density at radius 1 is 1.33 bits per heavy atom. The molecule has 0 aromatic heterocycles. The maximum absolute atomic E-state index is 12.2. The predicted molar refractivity (Wildman–Crippen MR) is 66.2 cm³/mol. The number of carbonyl (C=O) groups excluding carboxylic acids is 1. The van der Waals surface area contributed by atoms with Crippen LogP contribution < -0.4 is 4.74 Å². The van der Waals surface area contributed by atoms with E-state index in [1.165, 1.54) is 6.07 Å². The second kappa shape index (κ2) is 5.75. The largest absolute Gasteiger partial charge is 0.490 e. The van der Waals surface area contributed by atoms with Gasteiger partial charge in [0.15, 0.2) is 0 Å². The van der Waals surface area contributed by atoms with Gasteiger partial charge in [-0.25, -0.2) is 0 Å². The second-order valence-corrected chi connectivity index (χ2v) is 4.92. The van der Waals surface area contributed by atoms with Crippen LogP contribution in [0.4, 0.5) is 13.2 Å². The van der Waals surface area contributed by atoms with Gasteiger partial charge < -0.3 is 9.84 Å². The molecule has 1 aromatic carbocycles. The fraction of sp³-hybridized carbons (Fsp3) is 0.429. The van der Waals surface area contributed by atoms with E-state index < -0.39 is 30.5 Å². The van der Waals surface area contributed by atoms with Crippen molar-refractivity contribution in [2.45, 2.75) is 38.0 Å². The lowest BCUT2D eigenvalue weighted by molar-refractivity contribution is -0.172. The monoisotopic (exact) mass is 302 g/mol. The van der Waals surface area contributed by atoms with E-state index in [0.717, 1.165) is 5.56 Å². The second-order valence-electron chi connectivity index (χ2n) is 4.92. The molecular formula is C14H13F3O4. The lowest BCUT2D eigenvalue weighted by Crippen LogP contribution is -2.32. The van der Waals surface area contributed by atoms with Gasteiger partial charge in [-0.15, -0.1) is 0 Å². The Morgan fingerprint density at radius 2 is 2.05 bits per heavy atom. The number of ether oxygens (including phenoxy) is 1. The third kappa shape index (κ3) is 3.96. The van der Waals surface area contributed by atoms with Gasteiger partial charge in [-0.1, -0.05) is 12.1 Å². The van der Waals surface area contributed by atoms with Gasteiger partial charge in [-0.2, -0.15) is 13.2 Å². The zero-order chi connectivity index (χ0) is 15.6. The molecule has 0 amide bonds. The molecule has 114 valence electrons. The first-order valence-electron chi connectivity index (χ1n) is 6.36. The number of hydrogen-bond donors (Lipinski definition) is 1. The van der Waals surface area contributed by atoms with Crippen molar-refractivity contribution in [2.24, 2.45) is 0 Å². The predicted octanol–water partition coefficient (Wildman–Crippen LogP) is 2.53. The summed E-state index contributed by atoms with van der Waals surface area (Å²) in [5, 5.41) is 8.71. The molecule has 1 N–H and O–H groups in total. The molecule has 0 spiro atoms. The standard InChI is InChI=1S/C14H13F3O4/c15-14(16,17)12(18)7-10-3-2-9-5-8(6-13(19)20)1-4-11(9)21-10/h1,4-5,10H,2-3,6-7H2,(H,19,20)/t10-/m1/s1. The van der Waals surface area contributed by atoms with E-state index in [-0.39, 0.29) is 6.42 Å². The number of alkyl halides is 3. The van der Waals surface area contributed by atoms with Crippen molar-refractivity contribution in [1.29, 1.82) is 0 Å². The summed E-state index contributed by atoms with van der Waals surface area (Å²) in [4.78, 5) is 21.6. The van der Waals surface area contributed by atoms with Crippen LogP contribution in [0.15, 0.2) is 18.2 Å². The van der Waals surface area contributed by atoms with Crippen LogP contribution in [-0.2, 0) is 22.4 Å². The number of carbonyl (C=O) groups is 2. The van der Waals surface area contributed by atoms with Crippen LogP contribution in [0.2, 0.25) is 0 Å². The summed E-state index contributed by atoms with van der Waals surface area (Å²) in [5.41, 5.74) is 1.36. The van der Waals surface area contributed by atoms with Crippen LogP contribution in [-0.4, -0.2) is 29.1 Å². The summed E-state index contributed by atoms with van der Waals surface area (Å²) in [6.07, 6.45) is -5.70. The summed E-state index contributed by atoms with van der Waals surface area (Å²) < 4.78 is 42.0. The topological polar surface area (TPSA) is 63.6 Å². The summed E-state index contributed by atoms with van der Waals surface area (Å²) in [7, 11) is 0. The Morgan fingerprint density at radius 3 is 2.67 bits per heavy atom. The van der Waals surface area contributed by atoms with E-state index in [4.69, 9.17) is 9.84 Å². The number of halogens is 3. The van der Waals surface area contributed by atoms with Gasteiger partial charge in [0.05, 0.1) is 12.8 Å². The molecule has 0 fully saturated rings. The molecule has 0 saturated heterocycles. The lowest BCUT2D eigenvalue weighted by Gasteiger charge is -2.26. The minimum absolute atomic E-state index is 0.122. The number of hydrogen-bond acceptors (Lipinski definition) is 3. The summed E-state index contributed by atoms with van der Waals surface area (Å²) in [6, 6.07) is 4.77. The number of ketones is 1. The molecule has 1 heterocycles. The van der Waals surface area contributed by atoms with Gasteiger partial charge in [-0.05, 0) is 30.0 Å². The average Bonchev–Trinajstić information content (AvgIpc) is 2.37. The number of benzene rings is 1.